The zero-order valence-electron chi connectivity index (χ0n) is 11.5. The fourth-order valence-corrected chi connectivity index (χ4v) is 4.53. The van der Waals surface area contributed by atoms with Crippen molar-refractivity contribution in [3.63, 3.8) is 0 Å². The van der Waals surface area contributed by atoms with E-state index in [1.807, 2.05) is 0 Å². The van der Waals surface area contributed by atoms with Crippen LogP contribution in [0.5, 0.6) is 0 Å². The lowest BCUT2D eigenvalue weighted by Gasteiger charge is -2.36. The van der Waals surface area contributed by atoms with Crippen LogP contribution >= 0.6 is 0 Å². The number of aromatic nitrogens is 1. The van der Waals surface area contributed by atoms with Gasteiger partial charge in [0.15, 0.2) is 0 Å². The molecule has 0 amide bonds. The van der Waals surface area contributed by atoms with E-state index in [0.717, 1.165) is 30.4 Å². The van der Waals surface area contributed by atoms with Crippen LogP contribution in [0.25, 0.3) is 10.9 Å². The zero-order valence-corrected chi connectivity index (χ0v) is 11.5. The third-order valence-corrected chi connectivity index (χ3v) is 5.33. The Morgan fingerprint density at radius 3 is 2.53 bits per heavy atom. The van der Waals surface area contributed by atoms with Crippen molar-refractivity contribution >= 4 is 10.9 Å². The predicted octanol–water partition coefficient (Wildman–Crippen LogP) is 3.58. The van der Waals surface area contributed by atoms with Crippen molar-refractivity contribution in [1.82, 2.24) is 4.57 Å². The molecule has 2 aromatic rings. The van der Waals surface area contributed by atoms with E-state index < -0.39 is 5.60 Å². The van der Waals surface area contributed by atoms with Crippen LogP contribution in [0.4, 0.5) is 0 Å². The van der Waals surface area contributed by atoms with E-state index in [-0.39, 0.29) is 0 Å². The van der Waals surface area contributed by atoms with E-state index in [9.17, 15) is 5.11 Å². The lowest BCUT2D eigenvalue weighted by atomic mass is 9.76. The number of nitrogens with zero attached hydrogens (tertiary/aromatic N) is 1. The molecule has 0 aliphatic heterocycles. The quantitative estimate of drug-likeness (QED) is 0.828. The summed E-state index contributed by atoms with van der Waals surface area (Å²) in [6, 6.07) is 10.6. The second-order valence-electron chi connectivity index (χ2n) is 6.63. The van der Waals surface area contributed by atoms with Crippen LogP contribution in [0.3, 0.4) is 0 Å². The number of hydrogen-bond donors (Lipinski definition) is 1. The van der Waals surface area contributed by atoms with Crippen molar-refractivity contribution < 1.29 is 5.11 Å². The SMILES string of the molecule is Cn1c(C2(O)C[C@@H]3CC[C@@H](C3)C2)cc2ccccc21. The Morgan fingerprint density at radius 1 is 1.16 bits per heavy atom. The topological polar surface area (TPSA) is 25.2 Å². The summed E-state index contributed by atoms with van der Waals surface area (Å²) < 4.78 is 2.19. The van der Waals surface area contributed by atoms with Crippen LogP contribution in [0.1, 0.15) is 37.8 Å². The minimum atomic E-state index is -0.599. The summed E-state index contributed by atoms with van der Waals surface area (Å²) in [5, 5.41) is 12.4. The van der Waals surface area contributed by atoms with Crippen LogP contribution in [0, 0.1) is 11.8 Å². The van der Waals surface area contributed by atoms with Crippen LogP contribution in [0.2, 0.25) is 0 Å². The molecule has 1 aromatic heterocycles. The molecule has 1 N–H and O–H groups in total. The van der Waals surface area contributed by atoms with Gasteiger partial charge in [0.2, 0.25) is 0 Å². The fraction of sp³-hybridized carbons (Fsp3) is 0.529. The summed E-state index contributed by atoms with van der Waals surface area (Å²) in [5.74, 6) is 1.48. The van der Waals surface area contributed by atoms with Crippen molar-refractivity contribution in [3.8, 4) is 0 Å². The van der Waals surface area contributed by atoms with Crippen LogP contribution in [-0.4, -0.2) is 9.67 Å². The van der Waals surface area contributed by atoms with Crippen LogP contribution in [-0.2, 0) is 12.6 Å². The van der Waals surface area contributed by atoms with Gasteiger partial charge in [0.1, 0.15) is 5.60 Å². The normalized spacial score (nSPS) is 34.0. The molecule has 1 unspecified atom stereocenters. The third-order valence-electron chi connectivity index (χ3n) is 5.33. The van der Waals surface area contributed by atoms with Crippen molar-refractivity contribution in [1.29, 1.82) is 0 Å². The minimum absolute atomic E-state index is 0.599. The fourth-order valence-electron chi connectivity index (χ4n) is 4.53. The number of benzene rings is 1. The van der Waals surface area contributed by atoms with Gasteiger partial charge in [-0.25, -0.2) is 0 Å². The first-order valence-electron chi connectivity index (χ1n) is 7.43. The zero-order chi connectivity index (χ0) is 13.0. The molecule has 3 atom stereocenters. The number of hydrogen-bond acceptors (Lipinski definition) is 1. The van der Waals surface area contributed by atoms with Gasteiger partial charge in [-0.05, 0) is 48.6 Å². The lowest BCUT2D eigenvalue weighted by molar-refractivity contribution is -0.0310. The van der Waals surface area contributed by atoms with E-state index in [4.69, 9.17) is 0 Å². The van der Waals surface area contributed by atoms with Crippen LogP contribution < -0.4 is 0 Å². The second kappa shape index (κ2) is 3.86. The summed E-state index contributed by atoms with van der Waals surface area (Å²) in [5.41, 5.74) is 1.74. The minimum Gasteiger partial charge on any atom is -0.384 e. The monoisotopic (exact) mass is 255 g/mol. The number of aryl methyl sites for hydroxylation is 1. The Labute approximate surface area is 114 Å². The summed E-state index contributed by atoms with van der Waals surface area (Å²) in [6.45, 7) is 0. The second-order valence-corrected chi connectivity index (χ2v) is 6.63. The molecule has 0 spiro atoms. The Kier molecular flexibility index (Phi) is 2.34. The van der Waals surface area contributed by atoms with Gasteiger partial charge in [0.05, 0.1) is 5.69 Å². The molecule has 2 heteroatoms. The Morgan fingerprint density at radius 2 is 1.84 bits per heavy atom. The molecule has 2 fully saturated rings. The maximum absolute atomic E-state index is 11.2. The highest BCUT2D eigenvalue weighted by Crippen LogP contribution is 2.50. The van der Waals surface area contributed by atoms with E-state index in [1.165, 1.54) is 30.2 Å². The molecular weight excluding hydrogens is 234 g/mol. The van der Waals surface area contributed by atoms with E-state index in [0.29, 0.717) is 0 Å². The molecule has 2 aliphatic carbocycles. The molecular formula is C17H21NO. The van der Waals surface area contributed by atoms with Crippen molar-refractivity contribution in [2.75, 3.05) is 0 Å². The predicted molar refractivity (Wildman–Crippen MR) is 76.9 cm³/mol. The standard InChI is InChI=1S/C17H21NO/c1-18-15-5-3-2-4-14(15)9-16(18)17(19)10-12-6-7-13(8-12)11-17/h2-5,9,12-13,19H,6-8,10-11H2,1H3/t12-,13+,17?. The first-order valence-corrected chi connectivity index (χ1v) is 7.43. The molecule has 2 aliphatic rings. The van der Waals surface area contributed by atoms with Gasteiger partial charge in [-0.3, -0.25) is 0 Å². The first kappa shape index (κ1) is 11.5. The van der Waals surface area contributed by atoms with Gasteiger partial charge < -0.3 is 9.67 Å². The van der Waals surface area contributed by atoms with Crippen LogP contribution in [0.15, 0.2) is 30.3 Å². The van der Waals surface area contributed by atoms with E-state index in [2.05, 4.69) is 41.9 Å². The first-order chi connectivity index (χ1) is 9.16. The molecule has 2 bridgehead atoms. The molecule has 0 radical (unpaired) electrons. The van der Waals surface area contributed by atoms with Gasteiger partial charge in [0, 0.05) is 12.6 Å². The molecule has 4 rings (SSSR count). The molecule has 1 aromatic carbocycles. The average molecular weight is 255 g/mol. The highest BCUT2D eigenvalue weighted by Gasteiger charge is 2.45. The average Bonchev–Trinajstić information content (AvgIpc) is 2.92. The lowest BCUT2D eigenvalue weighted by Crippen LogP contribution is -2.35. The number of rotatable bonds is 1. The molecule has 0 saturated heterocycles. The summed E-state index contributed by atoms with van der Waals surface area (Å²) in [7, 11) is 2.09. The van der Waals surface area contributed by atoms with Gasteiger partial charge in [-0.1, -0.05) is 31.0 Å². The van der Waals surface area contributed by atoms with Crippen molar-refractivity contribution in [2.24, 2.45) is 18.9 Å². The van der Waals surface area contributed by atoms with Crippen molar-refractivity contribution in [2.45, 2.75) is 37.7 Å². The number of para-hydroxylation sites is 1. The molecule has 19 heavy (non-hydrogen) atoms. The molecule has 2 nitrogen and oxygen atoms in total. The maximum atomic E-state index is 11.2. The molecule has 100 valence electrons. The maximum Gasteiger partial charge on any atom is 0.105 e. The number of fused-ring (bicyclic) bond motifs is 3. The van der Waals surface area contributed by atoms with Gasteiger partial charge in [0.25, 0.3) is 0 Å². The Balaban J connectivity index is 1.83. The highest BCUT2D eigenvalue weighted by molar-refractivity contribution is 5.81. The summed E-state index contributed by atoms with van der Waals surface area (Å²) in [6.07, 6.45) is 5.88. The summed E-state index contributed by atoms with van der Waals surface area (Å²) >= 11 is 0. The smallest absolute Gasteiger partial charge is 0.105 e. The highest BCUT2D eigenvalue weighted by atomic mass is 16.3. The molecule has 1 heterocycles. The van der Waals surface area contributed by atoms with E-state index >= 15 is 0 Å². The Hall–Kier alpha value is -1.28. The van der Waals surface area contributed by atoms with Gasteiger partial charge in [-0.15, -0.1) is 0 Å². The van der Waals surface area contributed by atoms with Gasteiger partial charge >= 0.3 is 0 Å². The Bertz CT molecular complexity index is 615. The van der Waals surface area contributed by atoms with E-state index in [1.54, 1.807) is 0 Å². The van der Waals surface area contributed by atoms with Crippen molar-refractivity contribution in [3.05, 3.63) is 36.0 Å². The van der Waals surface area contributed by atoms with Gasteiger partial charge in [-0.2, -0.15) is 0 Å². The molecule has 2 saturated carbocycles. The number of aliphatic hydroxyl groups is 1. The largest absolute Gasteiger partial charge is 0.384 e. The summed E-state index contributed by atoms with van der Waals surface area (Å²) in [4.78, 5) is 0. The third kappa shape index (κ3) is 1.66.